The van der Waals surface area contributed by atoms with Crippen molar-refractivity contribution in [1.29, 1.82) is 0 Å². The molecule has 2 aromatic carbocycles. The molecule has 0 aliphatic carbocycles. The van der Waals surface area contributed by atoms with E-state index in [1.807, 2.05) is 31.2 Å². The molecule has 0 spiro atoms. The number of carbonyl (C=O) groups is 2. The van der Waals surface area contributed by atoms with E-state index in [1.165, 1.54) is 12.1 Å². The van der Waals surface area contributed by atoms with Gasteiger partial charge < -0.3 is 10.2 Å². The van der Waals surface area contributed by atoms with Crippen LogP contribution in [0.2, 0.25) is 0 Å². The number of nitrogens with one attached hydrogen (secondary N) is 1. The minimum absolute atomic E-state index is 0.0724. The van der Waals surface area contributed by atoms with Crippen LogP contribution in [0.5, 0.6) is 0 Å². The van der Waals surface area contributed by atoms with Gasteiger partial charge in [0, 0.05) is 30.4 Å². The summed E-state index contributed by atoms with van der Waals surface area (Å²) in [5.41, 5.74) is 2.73. The third-order valence-electron chi connectivity index (χ3n) is 5.02. The van der Waals surface area contributed by atoms with Crippen molar-refractivity contribution in [1.82, 2.24) is 5.32 Å². The van der Waals surface area contributed by atoms with E-state index in [2.05, 4.69) is 5.32 Å². The summed E-state index contributed by atoms with van der Waals surface area (Å²) in [6.45, 7) is 2.41. The minimum atomic E-state index is -0.341. The Kier molecular flexibility index (Phi) is 4.11. The highest BCUT2D eigenvalue weighted by Gasteiger charge is 2.35. The van der Waals surface area contributed by atoms with Gasteiger partial charge in [-0.1, -0.05) is 18.2 Å². The van der Waals surface area contributed by atoms with Gasteiger partial charge in [-0.25, -0.2) is 9.18 Å². The smallest absolute Gasteiger partial charge is 0.322 e. The van der Waals surface area contributed by atoms with Crippen LogP contribution in [0, 0.1) is 5.82 Å². The summed E-state index contributed by atoms with van der Waals surface area (Å²) < 4.78 is 13.1. The van der Waals surface area contributed by atoms with Gasteiger partial charge in [0.25, 0.3) is 0 Å². The molecule has 2 aliphatic rings. The summed E-state index contributed by atoms with van der Waals surface area (Å²) in [6, 6.07) is 13.3. The van der Waals surface area contributed by atoms with Crippen LogP contribution >= 0.6 is 0 Å². The van der Waals surface area contributed by atoms with Gasteiger partial charge in [0.2, 0.25) is 5.91 Å². The van der Waals surface area contributed by atoms with Gasteiger partial charge in [0.05, 0.1) is 6.04 Å². The van der Waals surface area contributed by atoms with Crippen molar-refractivity contribution in [2.24, 2.45) is 0 Å². The van der Waals surface area contributed by atoms with Gasteiger partial charge in [0.1, 0.15) is 5.82 Å². The Hall–Kier alpha value is -2.89. The average Bonchev–Trinajstić information content (AvgIpc) is 3.14. The number of anilines is 2. The van der Waals surface area contributed by atoms with E-state index in [-0.39, 0.29) is 36.3 Å². The molecule has 5 nitrogen and oxygen atoms in total. The standard InChI is InChI=1S/C20H20FN3O2/c1-13-10-14-4-2-3-5-18(14)24(13)20(26)22-16-11-19(25)23(12-16)17-8-6-15(21)7-9-17/h2-9,13,16H,10-12H2,1H3,(H,22,26). The van der Waals surface area contributed by atoms with Crippen LogP contribution in [-0.2, 0) is 11.2 Å². The third kappa shape index (κ3) is 2.92. The SMILES string of the molecule is CC1Cc2ccccc2N1C(=O)NC1CC(=O)N(c2ccc(F)cc2)C1. The minimum Gasteiger partial charge on any atom is -0.333 e. The van der Waals surface area contributed by atoms with Crippen molar-refractivity contribution in [2.45, 2.75) is 31.8 Å². The molecule has 2 aliphatic heterocycles. The van der Waals surface area contributed by atoms with Crippen molar-refractivity contribution >= 4 is 23.3 Å². The number of para-hydroxylation sites is 1. The van der Waals surface area contributed by atoms with E-state index in [1.54, 1.807) is 21.9 Å². The molecule has 26 heavy (non-hydrogen) atoms. The van der Waals surface area contributed by atoms with Gasteiger partial charge in [-0.2, -0.15) is 0 Å². The van der Waals surface area contributed by atoms with Crippen molar-refractivity contribution in [3.8, 4) is 0 Å². The van der Waals surface area contributed by atoms with E-state index in [0.717, 1.165) is 17.7 Å². The number of benzene rings is 2. The van der Waals surface area contributed by atoms with Crippen LogP contribution in [0.4, 0.5) is 20.6 Å². The summed E-state index contributed by atoms with van der Waals surface area (Å²) >= 11 is 0. The predicted octanol–water partition coefficient (Wildman–Crippen LogP) is 3.09. The first-order valence-corrected chi connectivity index (χ1v) is 8.76. The Morgan fingerprint density at radius 2 is 1.85 bits per heavy atom. The number of urea groups is 1. The lowest BCUT2D eigenvalue weighted by atomic mass is 10.1. The molecule has 6 heteroatoms. The van der Waals surface area contributed by atoms with Crippen LogP contribution in [0.1, 0.15) is 18.9 Å². The molecule has 0 radical (unpaired) electrons. The second kappa shape index (κ2) is 6.44. The van der Waals surface area contributed by atoms with E-state index >= 15 is 0 Å². The molecule has 0 saturated carbocycles. The summed E-state index contributed by atoms with van der Waals surface area (Å²) in [6.07, 6.45) is 1.07. The summed E-state index contributed by atoms with van der Waals surface area (Å²) in [5.74, 6) is -0.413. The second-order valence-electron chi connectivity index (χ2n) is 6.88. The number of hydrogen-bond donors (Lipinski definition) is 1. The molecule has 4 rings (SSSR count). The molecule has 134 valence electrons. The number of halogens is 1. The predicted molar refractivity (Wildman–Crippen MR) is 97.8 cm³/mol. The number of carbonyl (C=O) groups excluding carboxylic acids is 2. The first kappa shape index (κ1) is 16.6. The number of fused-ring (bicyclic) bond motifs is 1. The van der Waals surface area contributed by atoms with Crippen molar-refractivity contribution in [3.05, 3.63) is 59.9 Å². The van der Waals surface area contributed by atoms with Crippen LogP contribution < -0.4 is 15.1 Å². The highest BCUT2D eigenvalue weighted by Crippen LogP contribution is 2.32. The molecular weight excluding hydrogens is 333 g/mol. The zero-order chi connectivity index (χ0) is 18.3. The zero-order valence-electron chi connectivity index (χ0n) is 14.5. The Labute approximate surface area is 151 Å². The largest absolute Gasteiger partial charge is 0.333 e. The molecule has 2 atom stereocenters. The lowest BCUT2D eigenvalue weighted by molar-refractivity contribution is -0.117. The van der Waals surface area contributed by atoms with Gasteiger partial charge in [0.15, 0.2) is 0 Å². The fourth-order valence-electron chi connectivity index (χ4n) is 3.79. The number of amides is 3. The number of nitrogens with zero attached hydrogens (tertiary/aromatic N) is 2. The third-order valence-corrected chi connectivity index (χ3v) is 5.02. The van der Waals surface area contributed by atoms with Crippen molar-refractivity contribution in [2.75, 3.05) is 16.3 Å². The summed E-state index contributed by atoms with van der Waals surface area (Å²) in [5, 5.41) is 2.98. The van der Waals surface area contributed by atoms with Crippen LogP contribution in [0.3, 0.4) is 0 Å². The van der Waals surface area contributed by atoms with E-state index in [9.17, 15) is 14.0 Å². The quantitative estimate of drug-likeness (QED) is 0.902. The Morgan fingerprint density at radius 3 is 2.62 bits per heavy atom. The maximum atomic E-state index is 13.1. The van der Waals surface area contributed by atoms with Gasteiger partial charge in [-0.3, -0.25) is 9.69 Å². The fourth-order valence-corrected chi connectivity index (χ4v) is 3.79. The number of hydrogen-bond acceptors (Lipinski definition) is 2. The maximum Gasteiger partial charge on any atom is 0.322 e. The Balaban J connectivity index is 1.46. The van der Waals surface area contributed by atoms with Crippen LogP contribution in [0.25, 0.3) is 0 Å². The van der Waals surface area contributed by atoms with E-state index in [4.69, 9.17) is 0 Å². The molecule has 2 heterocycles. The molecule has 2 unspecified atom stereocenters. The Bertz CT molecular complexity index is 852. The zero-order valence-corrected chi connectivity index (χ0v) is 14.5. The van der Waals surface area contributed by atoms with Crippen LogP contribution in [-0.4, -0.2) is 30.6 Å². The maximum absolute atomic E-state index is 13.1. The molecule has 0 aromatic heterocycles. The molecule has 1 fully saturated rings. The molecule has 2 aromatic rings. The fraction of sp³-hybridized carbons (Fsp3) is 0.300. The van der Waals surface area contributed by atoms with Crippen LogP contribution in [0.15, 0.2) is 48.5 Å². The Morgan fingerprint density at radius 1 is 1.12 bits per heavy atom. The average molecular weight is 353 g/mol. The molecule has 0 bridgehead atoms. The first-order chi connectivity index (χ1) is 12.5. The molecule has 3 amide bonds. The lowest BCUT2D eigenvalue weighted by Gasteiger charge is -2.25. The molecule has 1 saturated heterocycles. The molecule has 1 N–H and O–H groups in total. The topological polar surface area (TPSA) is 52.7 Å². The van der Waals surface area contributed by atoms with Gasteiger partial charge >= 0.3 is 6.03 Å². The molecular formula is C20H20FN3O2. The first-order valence-electron chi connectivity index (χ1n) is 8.76. The summed E-state index contributed by atoms with van der Waals surface area (Å²) in [4.78, 5) is 28.5. The normalized spacial score (nSPS) is 21.8. The second-order valence-corrected chi connectivity index (χ2v) is 6.88. The van der Waals surface area contributed by atoms with Crippen molar-refractivity contribution < 1.29 is 14.0 Å². The van der Waals surface area contributed by atoms with E-state index in [0.29, 0.717) is 12.2 Å². The number of rotatable bonds is 2. The highest BCUT2D eigenvalue weighted by atomic mass is 19.1. The highest BCUT2D eigenvalue weighted by molar-refractivity contribution is 5.99. The van der Waals surface area contributed by atoms with Crippen molar-refractivity contribution in [3.63, 3.8) is 0 Å². The summed E-state index contributed by atoms with van der Waals surface area (Å²) in [7, 11) is 0. The van der Waals surface area contributed by atoms with Gasteiger partial charge in [-0.15, -0.1) is 0 Å². The lowest BCUT2D eigenvalue weighted by Crippen LogP contribution is -2.48. The van der Waals surface area contributed by atoms with E-state index < -0.39 is 0 Å². The van der Waals surface area contributed by atoms with Gasteiger partial charge in [-0.05, 0) is 49.2 Å². The monoisotopic (exact) mass is 353 g/mol.